The summed E-state index contributed by atoms with van der Waals surface area (Å²) in [7, 11) is 0. The average Bonchev–Trinajstić information content (AvgIpc) is 2.22. The third kappa shape index (κ3) is 3.99. The van der Waals surface area contributed by atoms with Gasteiger partial charge in [0.25, 0.3) is 0 Å². The fraction of sp³-hybridized carbons (Fsp3) is 0.364. The number of aliphatic carboxylic acids is 1. The van der Waals surface area contributed by atoms with Crippen LogP contribution >= 0.6 is 0 Å². The molecule has 1 rings (SSSR count). The number of carboxylic acid groups (broad SMARTS) is 1. The van der Waals surface area contributed by atoms with Crippen LogP contribution in [0.15, 0.2) is 12.1 Å². The Morgan fingerprint density at radius 2 is 1.94 bits per heavy atom. The monoisotopic (exact) mass is 246 g/mol. The highest BCUT2D eigenvalue weighted by Crippen LogP contribution is 2.21. The van der Waals surface area contributed by atoms with Crippen LogP contribution in [0.1, 0.15) is 12.5 Å². The van der Waals surface area contributed by atoms with Gasteiger partial charge in [0, 0.05) is 17.7 Å². The van der Waals surface area contributed by atoms with Gasteiger partial charge < -0.3 is 14.6 Å². The van der Waals surface area contributed by atoms with Crippen LogP contribution in [0.3, 0.4) is 0 Å². The third-order valence-electron chi connectivity index (χ3n) is 1.90. The molecule has 0 aliphatic carbocycles. The van der Waals surface area contributed by atoms with E-state index in [1.807, 2.05) is 0 Å². The molecule has 94 valence electrons. The number of carboxylic acids is 1. The zero-order valence-corrected chi connectivity index (χ0v) is 9.20. The molecule has 0 saturated heterocycles. The van der Waals surface area contributed by atoms with Crippen LogP contribution in [0.4, 0.5) is 8.78 Å². The van der Waals surface area contributed by atoms with Crippen molar-refractivity contribution in [3.8, 4) is 5.75 Å². The van der Waals surface area contributed by atoms with Crippen molar-refractivity contribution in [2.75, 3.05) is 13.2 Å². The van der Waals surface area contributed by atoms with E-state index in [9.17, 15) is 13.6 Å². The molecule has 6 heteroatoms. The average molecular weight is 246 g/mol. The number of ether oxygens (including phenoxy) is 2. The Balaban J connectivity index is 2.75. The number of halogens is 2. The number of benzene rings is 1. The highest BCUT2D eigenvalue weighted by molar-refractivity contribution is 5.67. The van der Waals surface area contributed by atoms with Crippen molar-refractivity contribution in [3.63, 3.8) is 0 Å². The van der Waals surface area contributed by atoms with Gasteiger partial charge in [-0.15, -0.1) is 0 Å². The SMILES string of the molecule is CCOc1cc(F)c(COCC(=O)O)c(F)c1. The first-order valence-corrected chi connectivity index (χ1v) is 4.94. The van der Waals surface area contributed by atoms with Gasteiger partial charge in [0.2, 0.25) is 0 Å². The maximum atomic E-state index is 13.4. The van der Waals surface area contributed by atoms with Crippen LogP contribution < -0.4 is 4.74 Å². The van der Waals surface area contributed by atoms with E-state index in [0.29, 0.717) is 6.61 Å². The summed E-state index contributed by atoms with van der Waals surface area (Å²) in [6.07, 6.45) is 0. The smallest absolute Gasteiger partial charge is 0.329 e. The van der Waals surface area contributed by atoms with Gasteiger partial charge in [0.15, 0.2) is 0 Å². The van der Waals surface area contributed by atoms with Crippen molar-refractivity contribution in [2.45, 2.75) is 13.5 Å². The Morgan fingerprint density at radius 1 is 1.35 bits per heavy atom. The number of carbonyl (C=O) groups is 1. The van der Waals surface area contributed by atoms with E-state index in [1.165, 1.54) is 0 Å². The molecule has 0 heterocycles. The lowest BCUT2D eigenvalue weighted by Crippen LogP contribution is -2.08. The minimum Gasteiger partial charge on any atom is -0.494 e. The molecule has 0 aromatic heterocycles. The molecule has 0 spiro atoms. The molecule has 0 atom stereocenters. The predicted molar refractivity (Wildman–Crippen MR) is 54.8 cm³/mol. The molecule has 1 aromatic rings. The first-order valence-electron chi connectivity index (χ1n) is 4.94. The molecule has 0 aliphatic heterocycles. The van der Waals surface area contributed by atoms with E-state index >= 15 is 0 Å². The van der Waals surface area contributed by atoms with Gasteiger partial charge in [-0.05, 0) is 6.92 Å². The highest BCUT2D eigenvalue weighted by Gasteiger charge is 2.12. The lowest BCUT2D eigenvalue weighted by molar-refractivity contribution is -0.142. The summed E-state index contributed by atoms with van der Waals surface area (Å²) in [4.78, 5) is 10.2. The van der Waals surface area contributed by atoms with Gasteiger partial charge >= 0.3 is 5.97 Å². The summed E-state index contributed by atoms with van der Waals surface area (Å²) in [6.45, 7) is 0.954. The van der Waals surface area contributed by atoms with Crippen LogP contribution in [-0.4, -0.2) is 24.3 Å². The summed E-state index contributed by atoms with van der Waals surface area (Å²) < 4.78 is 36.4. The van der Waals surface area contributed by atoms with Gasteiger partial charge in [-0.1, -0.05) is 0 Å². The molecule has 0 saturated carbocycles. The van der Waals surface area contributed by atoms with Crippen LogP contribution in [0.2, 0.25) is 0 Å². The van der Waals surface area contributed by atoms with Crippen molar-refractivity contribution in [1.82, 2.24) is 0 Å². The molecule has 0 fully saturated rings. The lowest BCUT2D eigenvalue weighted by atomic mass is 10.2. The largest absolute Gasteiger partial charge is 0.494 e. The molecule has 0 aliphatic rings. The molecule has 4 nitrogen and oxygen atoms in total. The van der Waals surface area contributed by atoms with Gasteiger partial charge in [-0.25, -0.2) is 13.6 Å². The minimum absolute atomic E-state index is 0.0875. The predicted octanol–water partition coefficient (Wildman–Crippen LogP) is 1.96. The van der Waals surface area contributed by atoms with Crippen molar-refractivity contribution in [2.24, 2.45) is 0 Å². The topological polar surface area (TPSA) is 55.8 Å². The quantitative estimate of drug-likeness (QED) is 0.833. The zero-order valence-electron chi connectivity index (χ0n) is 9.20. The summed E-state index contributed by atoms with van der Waals surface area (Å²) in [6, 6.07) is 2.07. The maximum absolute atomic E-state index is 13.4. The van der Waals surface area contributed by atoms with E-state index < -0.39 is 30.8 Å². The zero-order chi connectivity index (χ0) is 12.8. The van der Waals surface area contributed by atoms with E-state index in [1.54, 1.807) is 6.92 Å². The second-order valence-corrected chi connectivity index (χ2v) is 3.19. The fourth-order valence-corrected chi connectivity index (χ4v) is 1.21. The maximum Gasteiger partial charge on any atom is 0.329 e. The molecule has 1 aromatic carbocycles. The van der Waals surface area contributed by atoms with Crippen LogP contribution in [0, 0.1) is 11.6 Å². The Bertz CT molecular complexity index is 383. The van der Waals surface area contributed by atoms with Crippen molar-refractivity contribution < 1.29 is 28.2 Å². The highest BCUT2D eigenvalue weighted by atomic mass is 19.1. The molecule has 1 N–H and O–H groups in total. The molecule has 0 radical (unpaired) electrons. The minimum atomic E-state index is -1.20. The molecular formula is C11H12F2O4. The Morgan fingerprint density at radius 3 is 2.41 bits per heavy atom. The van der Waals surface area contributed by atoms with Gasteiger partial charge in [0.05, 0.1) is 13.2 Å². The van der Waals surface area contributed by atoms with Gasteiger partial charge in [-0.2, -0.15) is 0 Å². The van der Waals surface area contributed by atoms with Crippen molar-refractivity contribution in [1.29, 1.82) is 0 Å². The normalized spacial score (nSPS) is 10.3. The number of rotatable bonds is 6. The molecule has 0 amide bonds. The Kier molecular flexibility index (Phi) is 4.84. The molecular weight excluding hydrogens is 234 g/mol. The first kappa shape index (κ1) is 13.4. The third-order valence-corrected chi connectivity index (χ3v) is 1.90. The Labute approximate surface area is 96.8 Å². The fourth-order valence-electron chi connectivity index (χ4n) is 1.21. The summed E-state index contributed by atoms with van der Waals surface area (Å²) in [5.41, 5.74) is -0.310. The lowest BCUT2D eigenvalue weighted by Gasteiger charge is -2.08. The second-order valence-electron chi connectivity index (χ2n) is 3.19. The number of hydrogen-bond donors (Lipinski definition) is 1. The standard InChI is InChI=1S/C11H12F2O4/c1-2-17-7-3-9(12)8(10(13)4-7)5-16-6-11(14)15/h3-4H,2,5-6H2,1H3,(H,14,15). The van der Waals surface area contributed by atoms with Crippen molar-refractivity contribution >= 4 is 5.97 Å². The van der Waals surface area contributed by atoms with E-state index in [2.05, 4.69) is 4.74 Å². The van der Waals surface area contributed by atoms with E-state index in [0.717, 1.165) is 12.1 Å². The van der Waals surface area contributed by atoms with Crippen LogP contribution in [-0.2, 0) is 16.1 Å². The second kappa shape index (κ2) is 6.15. The number of hydrogen-bond acceptors (Lipinski definition) is 3. The first-order chi connectivity index (χ1) is 8.04. The molecule has 17 heavy (non-hydrogen) atoms. The molecule has 0 bridgehead atoms. The van der Waals surface area contributed by atoms with E-state index in [-0.39, 0.29) is 11.3 Å². The summed E-state index contributed by atoms with van der Waals surface area (Å²) >= 11 is 0. The molecule has 0 unspecified atom stereocenters. The van der Waals surface area contributed by atoms with Crippen LogP contribution in [0.5, 0.6) is 5.75 Å². The van der Waals surface area contributed by atoms with Crippen molar-refractivity contribution in [3.05, 3.63) is 29.3 Å². The van der Waals surface area contributed by atoms with Gasteiger partial charge in [0.1, 0.15) is 24.0 Å². The summed E-state index contributed by atoms with van der Waals surface area (Å²) in [5.74, 6) is -2.75. The van der Waals surface area contributed by atoms with Crippen LogP contribution in [0.25, 0.3) is 0 Å². The van der Waals surface area contributed by atoms with Gasteiger partial charge in [-0.3, -0.25) is 0 Å². The van der Waals surface area contributed by atoms with E-state index in [4.69, 9.17) is 9.84 Å². The Hall–Kier alpha value is -1.69. The summed E-state index contributed by atoms with van der Waals surface area (Å²) in [5, 5.41) is 8.31.